The smallest absolute Gasteiger partial charge is 0.331 e. The van der Waals surface area contributed by atoms with Crippen molar-refractivity contribution in [3.05, 3.63) is 0 Å². The van der Waals surface area contributed by atoms with E-state index in [2.05, 4.69) is 10.2 Å². The van der Waals surface area contributed by atoms with E-state index in [9.17, 15) is 33.6 Å². The van der Waals surface area contributed by atoms with Crippen molar-refractivity contribution in [2.75, 3.05) is 33.8 Å². The van der Waals surface area contributed by atoms with Crippen LogP contribution in [0.15, 0.2) is 0 Å². The molecule has 2 rings (SSSR count). The van der Waals surface area contributed by atoms with Gasteiger partial charge in [-0.25, -0.2) is 4.89 Å². The number of carbonyl (C=O) groups is 7. The molecule has 30 heavy (non-hydrogen) atoms. The molecular weight excluding hydrogens is 408 g/mol. The number of imide groups is 2. The van der Waals surface area contributed by atoms with Gasteiger partial charge < -0.3 is 15.7 Å². The summed E-state index contributed by atoms with van der Waals surface area (Å²) in [6.45, 7) is 2.56. The lowest BCUT2D eigenvalue weighted by Gasteiger charge is -2.51. The highest BCUT2D eigenvalue weighted by Crippen LogP contribution is 2.43. The van der Waals surface area contributed by atoms with Gasteiger partial charge in [-0.1, -0.05) is 0 Å². The minimum absolute atomic E-state index is 0.149. The molecule has 4 N–H and O–H groups in total. The standard InChI is InChI=1S/C8H14N2O6.C8H8N2O4/c1-3-10-6(12)8(4-16-15,7(13)14)5(11)9-2;1-3-10-6(13)8(7(10)14)4(11)9(2)5(8)12/h15H,3-4H2,1-2H3,(H,9,11)(H,10,12)(H,13,14);3H2,1-2H3. The average Bonchev–Trinajstić information content (AvgIpc) is 2.72. The second-order valence-corrected chi connectivity index (χ2v) is 6.20. The lowest BCUT2D eigenvalue weighted by Crippen LogP contribution is -2.83. The van der Waals surface area contributed by atoms with Crippen LogP contribution in [0.4, 0.5) is 0 Å². The summed E-state index contributed by atoms with van der Waals surface area (Å²) in [5, 5.41) is 21.5. The zero-order valence-electron chi connectivity index (χ0n) is 16.7. The van der Waals surface area contributed by atoms with Crippen LogP contribution in [-0.2, 0) is 38.4 Å². The summed E-state index contributed by atoms with van der Waals surface area (Å²) < 4.78 is 0. The summed E-state index contributed by atoms with van der Waals surface area (Å²) in [4.78, 5) is 84.8. The molecule has 1 atom stereocenters. The third-order valence-corrected chi connectivity index (χ3v) is 4.68. The summed E-state index contributed by atoms with van der Waals surface area (Å²) in [6, 6.07) is 0. The number of likely N-dealkylation sites (tertiary alicyclic amines) is 2. The van der Waals surface area contributed by atoms with Crippen molar-refractivity contribution < 1.29 is 48.8 Å². The summed E-state index contributed by atoms with van der Waals surface area (Å²) in [6.07, 6.45) is 0. The Morgan fingerprint density at radius 3 is 1.87 bits per heavy atom. The van der Waals surface area contributed by atoms with E-state index in [1.807, 2.05) is 5.32 Å². The maximum atomic E-state index is 11.6. The van der Waals surface area contributed by atoms with Crippen molar-refractivity contribution in [1.82, 2.24) is 20.4 Å². The molecule has 0 aromatic carbocycles. The van der Waals surface area contributed by atoms with Crippen LogP contribution in [0, 0.1) is 10.8 Å². The molecule has 2 aliphatic heterocycles. The van der Waals surface area contributed by atoms with E-state index in [0.29, 0.717) is 0 Å². The first-order valence-electron chi connectivity index (χ1n) is 8.65. The molecule has 166 valence electrons. The Bertz CT molecular complexity index is 776. The van der Waals surface area contributed by atoms with Gasteiger partial charge >= 0.3 is 5.97 Å². The number of carboxylic acid groups (broad SMARTS) is 1. The normalized spacial score (nSPS) is 18.6. The van der Waals surface area contributed by atoms with Crippen molar-refractivity contribution in [3.8, 4) is 0 Å². The number of carboxylic acids is 1. The van der Waals surface area contributed by atoms with Crippen molar-refractivity contribution in [2.24, 2.45) is 10.8 Å². The molecule has 0 bridgehead atoms. The van der Waals surface area contributed by atoms with E-state index in [1.54, 1.807) is 13.8 Å². The monoisotopic (exact) mass is 430 g/mol. The topological polar surface area (TPSA) is 200 Å². The molecule has 14 nitrogen and oxygen atoms in total. The van der Waals surface area contributed by atoms with E-state index in [0.717, 1.165) is 9.80 Å². The SMILES string of the molecule is CCN1C(=O)C2(C(=O)N(C)C2=O)C1=O.CCNC(=O)C(COO)(C(=O)O)C(=O)NC. The third-order valence-electron chi connectivity index (χ3n) is 4.68. The van der Waals surface area contributed by atoms with Crippen molar-refractivity contribution in [2.45, 2.75) is 13.8 Å². The molecule has 0 aromatic heterocycles. The van der Waals surface area contributed by atoms with E-state index < -0.39 is 58.8 Å². The number of carbonyl (C=O) groups excluding carboxylic acids is 6. The zero-order valence-corrected chi connectivity index (χ0v) is 16.7. The minimum Gasteiger partial charge on any atom is -0.480 e. The number of nitrogens with zero attached hydrogens (tertiary/aromatic N) is 2. The maximum Gasteiger partial charge on any atom is 0.331 e. The van der Waals surface area contributed by atoms with Gasteiger partial charge in [-0.15, -0.1) is 0 Å². The molecule has 1 spiro atoms. The van der Waals surface area contributed by atoms with Gasteiger partial charge in [0.1, 0.15) is 6.61 Å². The van der Waals surface area contributed by atoms with Crippen molar-refractivity contribution in [3.63, 3.8) is 0 Å². The lowest BCUT2D eigenvalue weighted by molar-refractivity contribution is -0.259. The number of hydrogen-bond acceptors (Lipinski definition) is 9. The first kappa shape index (κ1) is 24.6. The Balaban J connectivity index is 0.000000301. The van der Waals surface area contributed by atoms with Crippen molar-refractivity contribution >= 4 is 41.4 Å². The number of aliphatic carboxylic acids is 1. The van der Waals surface area contributed by atoms with Gasteiger partial charge in [0, 0.05) is 27.2 Å². The molecule has 2 heterocycles. The van der Waals surface area contributed by atoms with Crippen molar-refractivity contribution in [1.29, 1.82) is 0 Å². The highest BCUT2D eigenvalue weighted by molar-refractivity contribution is 6.52. The predicted octanol–water partition coefficient (Wildman–Crippen LogP) is -3.21. The minimum atomic E-state index is -2.49. The molecule has 14 heteroatoms. The Kier molecular flexibility index (Phi) is 7.36. The summed E-state index contributed by atoms with van der Waals surface area (Å²) in [5.74, 6) is -6.59. The van der Waals surface area contributed by atoms with Gasteiger partial charge in [0.05, 0.1) is 0 Å². The number of amides is 6. The predicted molar refractivity (Wildman–Crippen MR) is 94.0 cm³/mol. The number of rotatable bonds is 7. The molecule has 0 radical (unpaired) electrons. The van der Waals surface area contributed by atoms with Gasteiger partial charge in [-0.2, -0.15) is 0 Å². The van der Waals surface area contributed by atoms with Gasteiger partial charge in [-0.05, 0) is 13.8 Å². The molecule has 6 amide bonds. The number of nitrogens with one attached hydrogen (secondary N) is 2. The van der Waals surface area contributed by atoms with Crippen LogP contribution < -0.4 is 10.6 Å². The van der Waals surface area contributed by atoms with E-state index in [1.165, 1.54) is 14.1 Å². The second kappa shape index (κ2) is 8.96. The Labute approximate surface area is 170 Å². The molecule has 2 aliphatic rings. The summed E-state index contributed by atoms with van der Waals surface area (Å²) >= 11 is 0. The maximum absolute atomic E-state index is 11.6. The number of β-lactam (4-membered cyclic amide) rings is 4. The molecule has 1 unspecified atom stereocenters. The highest BCUT2D eigenvalue weighted by Gasteiger charge is 2.79. The first-order chi connectivity index (χ1) is 14.0. The van der Waals surface area contributed by atoms with Gasteiger partial charge in [-0.3, -0.25) is 48.6 Å². The lowest BCUT2D eigenvalue weighted by atomic mass is 9.69. The zero-order chi connectivity index (χ0) is 23.4. The Hall–Kier alpha value is -3.39. The fourth-order valence-corrected chi connectivity index (χ4v) is 2.93. The van der Waals surface area contributed by atoms with Crippen LogP contribution in [0.1, 0.15) is 13.8 Å². The van der Waals surface area contributed by atoms with E-state index in [4.69, 9.17) is 10.4 Å². The van der Waals surface area contributed by atoms with Gasteiger partial charge in [0.2, 0.25) is 17.2 Å². The van der Waals surface area contributed by atoms with Crippen LogP contribution >= 0.6 is 0 Å². The quantitative estimate of drug-likeness (QED) is 0.138. The first-order valence-corrected chi connectivity index (χ1v) is 8.65. The van der Waals surface area contributed by atoms with Crippen LogP contribution in [0.25, 0.3) is 0 Å². The highest BCUT2D eigenvalue weighted by atomic mass is 17.1. The summed E-state index contributed by atoms with van der Waals surface area (Å²) in [7, 11) is 2.43. The molecular formula is C16H22N4O10. The van der Waals surface area contributed by atoms with E-state index >= 15 is 0 Å². The van der Waals surface area contributed by atoms with Crippen LogP contribution in [-0.4, -0.2) is 95.4 Å². The Morgan fingerprint density at radius 2 is 1.53 bits per heavy atom. The Morgan fingerprint density at radius 1 is 1.03 bits per heavy atom. The third kappa shape index (κ3) is 3.19. The van der Waals surface area contributed by atoms with Crippen LogP contribution in [0.2, 0.25) is 0 Å². The van der Waals surface area contributed by atoms with Crippen LogP contribution in [0.5, 0.6) is 0 Å². The molecule has 0 aromatic rings. The second-order valence-electron chi connectivity index (χ2n) is 6.20. The largest absolute Gasteiger partial charge is 0.480 e. The molecule has 0 saturated carbocycles. The van der Waals surface area contributed by atoms with Gasteiger partial charge in [0.25, 0.3) is 29.0 Å². The van der Waals surface area contributed by atoms with Crippen LogP contribution in [0.3, 0.4) is 0 Å². The molecule has 0 aliphatic carbocycles. The molecule has 2 fully saturated rings. The molecule has 2 saturated heterocycles. The fraction of sp³-hybridized carbons (Fsp3) is 0.562. The average molecular weight is 430 g/mol. The van der Waals surface area contributed by atoms with E-state index in [-0.39, 0.29) is 13.1 Å². The van der Waals surface area contributed by atoms with Gasteiger partial charge in [0.15, 0.2) is 0 Å². The number of hydrogen-bond donors (Lipinski definition) is 4. The summed E-state index contributed by atoms with van der Waals surface area (Å²) in [5.41, 5.74) is -4.47. The fourth-order valence-electron chi connectivity index (χ4n) is 2.93.